The van der Waals surface area contributed by atoms with E-state index in [-0.39, 0.29) is 12.1 Å². The van der Waals surface area contributed by atoms with Gasteiger partial charge >= 0.3 is 6.03 Å². The fraction of sp³-hybridized carbons (Fsp3) is 0.381. The van der Waals surface area contributed by atoms with Crippen LogP contribution in [0.25, 0.3) is 0 Å². The van der Waals surface area contributed by atoms with Crippen molar-refractivity contribution in [3.05, 3.63) is 54.1 Å². The van der Waals surface area contributed by atoms with Crippen molar-refractivity contribution in [2.45, 2.75) is 25.3 Å². The third-order valence-electron chi connectivity index (χ3n) is 5.41. The molecule has 1 saturated heterocycles. The summed E-state index contributed by atoms with van der Waals surface area (Å²) >= 11 is 0. The lowest BCUT2D eigenvalue weighted by molar-refractivity contribution is 0.190. The number of sulfonamides is 1. The second-order valence-corrected chi connectivity index (χ2v) is 9.43. The number of carbonyl (C=O) groups is 1. The monoisotopic (exact) mass is 414 g/mol. The summed E-state index contributed by atoms with van der Waals surface area (Å²) in [5.74, 6) is 0. The summed E-state index contributed by atoms with van der Waals surface area (Å²) < 4.78 is 25.7. The summed E-state index contributed by atoms with van der Waals surface area (Å²) in [6, 6.07) is 15.7. The number of rotatable bonds is 4. The normalized spacial score (nSPS) is 19.1. The first-order valence-corrected chi connectivity index (χ1v) is 11.8. The minimum atomic E-state index is -3.29. The zero-order valence-corrected chi connectivity index (χ0v) is 17.3. The molecule has 2 aromatic carbocycles. The molecule has 0 saturated carbocycles. The van der Waals surface area contributed by atoms with Gasteiger partial charge in [0.2, 0.25) is 10.0 Å². The van der Waals surface area contributed by atoms with Crippen LogP contribution in [0.1, 0.15) is 18.4 Å². The maximum atomic E-state index is 12.9. The number of piperidine rings is 1. The van der Waals surface area contributed by atoms with Crippen LogP contribution in [0.5, 0.6) is 0 Å². The molecule has 4 rings (SSSR count). The number of carbonyl (C=O) groups excluding carboxylic acids is 1. The highest BCUT2D eigenvalue weighted by atomic mass is 32.2. The minimum Gasteiger partial charge on any atom is -0.339 e. The van der Waals surface area contributed by atoms with Crippen molar-refractivity contribution < 1.29 is 13.2 Å². The molecule has 0 aromatic heterocycles. The number of nitrogens with one attached hydrogen (secondary N) is 2. The Bertz CT molecular complexity index is 1010. The van der Waals surface area contributed by atoms with Gasteiger partial charge in [-0.15, -0.1) is 0 Å². The van der Waals surface area contributed by atoms with Crippen LogP contribution in [0.3, 0.4) is 0 Å². The summed E-state index contributed by atoms with van der Waals surface area (Å²) in [6.07, 6.45) is 3.62. The highest BCUT2D eigenvalue weighted by Crippen LogP contribution is 2.38. The molecule has 2 aromatic rings. The van der Waals surface area contributed by atoms with Crippen LogP contribution in [0.15, 0.2) is 48.5 Å². The lowest BCUT2D eigenvalue weighted by Crippen LogP contribution is -2.50. The maximum absolute atomic E-state index is 12.9. The highest BCUT2D eigenvalue weighted by Gasteiger charge is 2.27. The average Bonchev–Trinajstić information content (AvgIpc) is 3.11. The van der Waals surface area contributed by atoms with Gasteiger partial charge in [0.05, 0.1) is 17.6 Å². The number of benzene rings is 2. The topological polar surface area (TPSA) is 81.8 Å². The Kier molecular flexibility index (Phi) is 5.47. The van der Waals surface area contributed by atoms with Crippen molar-refractivity contribution in [2.24, 2.45) is 0 Å². The summed E-state index contributed by atoms with van der Waals surface area (Å²) in [6.45, 7) is 1.85. The molecular formula is C21H26N4O3S. The van der Waals surface area contributed by atoms with Gasteiger partial charge in [0.25, 0.3) is 0 Å². The third-order valence-corrected chi connectivity index (χ3v) is 6.17. The first-order valence-electron chi connectivity index (χ1n) is 9.88. The van der Waals surface area contributed by atoms with Crippen molar-refractivity contribution in [1.82, 2.24) is 9.62 Å². The van der Waals surface area contributed by atoms with E-state index in [0.29, 0.717) is 13.1 Å². The van der Waals surface area contributed by atoms with E-state index in [0.717, 1.165) is 43.4 Å². The molecule has 0 spiro atoms. The zero-order valence-electron chi connectivity index (χ0n) is 16.5. The van der Waals surface area contributed by atoms with Crippen molar-refractivity contribution in [2.75, 3.05) is 36.1 Å². The van der Waals surface area contributed by atoms with Crippen molar-refractivity contribution in [3.63, 3.8) is 0 Å². The Morgan fingerprint density at radius 2 is 1.76 bits per heavy atom. The van der Waals surface area contributed by atoms with Crippen LogP contribution in [-0.2, 0) is 16.4 Å². The van der Waals surface area contributed by atoms with Gasteiger partial charge in [-0.2, -0.15) is 0 Å². The number of hydrogen-bond donors (Lipinski definition) is 2. The molecule has 0 aliphatic carbocycles. The smallest absolute Gasteiger partial charge is 0.321 e. The van der Waals surface area contributed by atoms with Gasteiger partial charge in [0.1, 0.15) is 0 Å². The standard InChI is InChI=1S/C21H26N4O3S/c1-29(27,28)23-17-8-6-13-24(15-17)21(26)22-18-9-3-5-11-20(18)25-14-12-16-7-2-4-10-19(16)25/h2-5,7,9-11,17,23H,6,8,12-15H2,1H3,(H,22,26)/t17-/m0/s1. The van der Waals surface area contributed by atoms with Gasteiger partial charge in [-0.25, -0.2) is 17.9 Å². The van der Waals surface area contributed by atoms with Gasteiger partial charge < -0.3 is 15.1 Å². The Morgan fingerprint density at radius 1 is 1.03 bits per heavy atom. The third kappa shape index (κ3) is 4.54. The van der Waals surface area contributed by atoms with E-state index in [9.17, 15) is 13.2 Å². The summed E-state index contributed by atoms with van der Waals surface area (Å²) in [7, 11) is -3.29. The Hall–Kier alpha value is -2.58. The SMILES string of the molecule is CS(=O)(=O)N[C@H]1CCCN(C(=O)Nc2ccccc2N2CCc3ccccc32)C1. The molecule has 0 bridgehead atoms. The summed E-state index contributed by atoms with van der Waals surface area (Å²) in [5.41, 5.74) is 4.20. The number of amides is 2. The van der Waals surface area contributed by atoms with Gasteiger partial charge in [-0.05, 0) is 43.0 Å². The molecule has 29 heavy (non-hydrogen) atoms. The quantitative estimate of drug-likeness (QED) is 0.806. The molecular weight excluding hydrogens is 388 g/mol. The molecule has 1 fully saturated rings. The van der Waals surface area contributed by atoms with E-state index in [1.807, 2.05) is 36.4 Å². The van der Waals surface area contributed by atoms with Crippen LogP contribution < -0.4 is 14.9 Å². The molecule has 2 amide bonds. The van der Waals surface area contributed by atoms with E-state index >= 15 is 0 Å². The highest BCUT2D eigenvalue weighted by molar-refractivity contribution is 7.88. The Morgan fingerprint density at radius 3 is 2.55 bits per heavy atom. The number of likely N-dealkylation sites (tertiary alicyclic amines) is 1. The minimum absolute atomic E-state index is 0.204. The molecule has 154 valence electrons. The van der Waals surface area contributed by atoms with Crippen LogP contribution in [-0.4, -0.2) is 51.3 Å². The van der Waals surface area contributed by atoms with Crippen LogP contribution >= 0.6 is 0 Å². The number of para-hydroxylation sites is 3. The van der Waals surface area contributed by atoms with E-state index < -0.39 is 10.0 Å². The number of fused-ring (bicyclic) bond motifs is 1. The fourth-order valence-corrected chi connectivity index (χ4v) is 4.96. The van der Waals surface area contributed by atoms with E-state index in [4.69, 9.17) is 0 Å². The molecule has 0 unspecified atom stereocenters. The predicted molar refractivity (Wildman–Crippen MR) is 115 cm³/mol. The van der Waals surface area contributed by atoms with Gasteiger partial charge in [0.15, 0.2) is 0 Å². The van der Waals surface area contributed by atoms with Crippen molar-refractivity contribution in [3.8, 4) is 0 Å². The summed E-state index contributed by atoms with van der Waals surface area (Å²) in [4.78, 5) is 16.8. The van der Waals surface area contributed by atoms with Crippen molar-refractivity contribution in [1.29, 1.82) is 0 Å². The average molecular weight is 415 g/mol. The largest absolute Gasteiger partial charge is 0.339 e. The van der Waals surface area contributed by atoms with Crippen LogP contribution in [0.2, 0.25) is 0 Å². The van der Waals surface area contributed by atoms with E-state index in [1.54, 1.807) is 4.90 Å². The molecule has 2 aliphatic heterocycles. The molecule has 7 nitrogen and oxygen atoms in total. The number of anilines is 3. The molecule has 0 radical (unpaired) electrons. The number of nitrogens with zero attached hydrogens (tertiary/aromatic N) is 2. The second-order valence-electron chi connectivity index (χ2n) is 7.65. The lowest BCUT2D eigenvalue weighted by Gasteiger charge is -2.33. The van der Waals surface area contributed by atoms with E-state index in [1.165, 1.54) is 11.3 Å². The number of hydrogen-bond acceptors (Lipinski definition) is 4. The maximum Gasteiger partial charge on any atom is 0.321 e. The van der Waals surface area contributed by atoms with Crippen LogP contribution in [0.4, 0.5) is 21.9 Å². The molecule has 8 heteroatoms. The van der Waals surface area contributed by atoms with Crippen LogP contribution in [0, 0.1) is 0 Å². The Labute approximate surface area is 171 Å². The molecule has 2 aliphatic rings. The molecule has 1 atom stereocenters. The molecule has 2 N–H and O–H groups in total. The number of urea groups is 1. The Balaban J connectivity index is 1.50. The lowest BCUT2D eigenvalue weighted by atomic mass is 10.1. The first kappa shape index (κ1) is 19.7. The van der Waals surface area contributed by atoms with Gasteiger partial charge in [-0.1, -0.05) is 30.3 Å². The summed E-state index contributed by atoms with van der Waals surface area (Å²) in [5, 5.41) is 3.04. The van der Waals surface area contributed by atoms with Gasteiger partial charge in [0, 0.05) is 31.4 Å². The first-order chi connectivity index (χ1) is 13.9. The zero-order chi connectivity index (χ0) is 20.4. The predicted octanol–water partition coefficient (Wildman–Crippen LogP) is 2.93. The van der Waals surface area contributed by atoms with Crippen molar-refractivity contribution >= 4 is 33.1 Å². The second kappa shape index (κ2) is 8.04. The van der Waals surface area contributed by atoms with Gasteiger partial charge in [-0.3, -0.25) is 0 Å². The molecule has 2 heterocycles. The fourth-order valence-electron chi connectivity index (χ4n) is 4.16. The van der Waals surface area contributed by atoms with E-state index in [2.05, 4.69) is 27.1 Å².